The van der Waals surface area contributed by atoms with E-state index in [1.165, 1.54) is 16.8 Å². The number of sulfonamides is 1. The van der Waals surface area contributed by atoms with Crippen molar-refractivity contribution in [3.8, 4) is 0 Å². The van der Waals surface area contributed by atoms with Gasteiger partial charge in [0.25, 0.3) is 10.0 Å². The van der Waals surface area contributed by atoms with Crippen LogP contribution in [0.4, 0.5) is 0 Å². The molecule has 5 nitrogen and oxygen atoms in total. The van der Waals surface area contributed by atoms with Gasteiger partial charge in [-0.05, 0) is 11.5 Å². The van der Waals surface area contributed by atoms with E-state index in [2.05, 4.69) is 4.98 Å². The van der Waals surface area contributed by atoms with Crippen LogP contribution in [-0.4, -0.2) is 29.3 Å². The fourth-order valence-electron chi connectivity index (χ4n) is 2.48. The highest BCUT2D eigenvalue weighted by Crippen LogP contribution is 2.31. The highest BCUT2D eigenvalue weighted by atomic mass is 32.2. The molecule has 0 N–H and O–H groups in total. The van der Waals surface area contributed by atoms with E-state index in [1.54, 1.807) is 18.7 Å². The Morgan fingerprint density at radius 1 is 1.19 bits per heavy atom. The Hall–Kier alpha value is -1.66. The maximum absolute atomic E-state index is 12.7. The average molecular weight is 307 g/mol. The Balaban J connectivity index is 2.42. The van der Waals surface area contributed by atoms with Crippen molar-refractivity contribution in [3.63, 3.8) is 0 Å². The topological polar surface area (TPSA) is 55.2 Å². The molecule has 0 aliphatic rings. The van der Waals surface area contributed by atoms with Gasteiger partial charge in [0, 0.05) is 20.3 Å². The molecule has 6 heteroatoms. The molecule has 0 fully saturated rings. The van der Waals surface area contributed by atoms with Crippen molar-refractivity contribution in [2.45, 2.75) is 24.9 Å². The first-order valence-corrected chi connectivity index (χ1v) is 8.29. The van der Waals surface area contributed by atoms with Gasteiger partial charge in [0.1, 0.15) is 0 Å². The summed E-state index contributed by atoms with van der Waals surface area (Å²) in [4.78, 5) is 3.98. The van der Waals surface area contributed by atoms with E-state index in [9.17, 15) is 8.42 Å². The van der Waals surface area contributed by atoms with Crippen LogP contribution in [0, 0.1) is 5.92 Å². The number of aromatic nitrogens is 2. The predicted molar refractivity (Wildman–Crippen MR) is 82.2 cm³/mol. The Labute approximate surface area is 126 Å². The van der Waals surface area contributed by atoms with Crippen LogP contribution in [0.3, 0.4) is 0 Å². The third kappa shape index (κ3) is 3.16. The molecule has 0 bridgehead atoms. The maximum Gasteiger partial charge on any atom is 0.262 e. The number of aryl methyl sites for hydroxylation is 1. The van der Waals surface area contributed by atoms with Crippen molar-refractivity contribution in [1.82, 2.24) is 13.9 Å². The standard InChI is InChI=1S/C15H21N3O2S/c1-12(2)15(13-8-6-5-7-9-13)18(4)21(19,20)14-10-17(3)11-16-14/h5-12,15H,1-4H3. The molecular formula is C15H21N3O2S. The van der Waals surface area contributed by atoms with Gasteiger partial charge in [0.05, 0.1) is 12.4 Å². The van der Waals surface area contributed by atoms with Crippen molar-refractivity contribution < 1.29 is 8.42 Å². The number of benzene rings is 1. The lowest BCUT2D eigenvalue weighted by molar-refractivity contribution is 0.299. The zero-order chi connectivity index (χ0) is 15.6. The van der Waals surface area contributed by atoms with Crippen molar-refractivity contribution >= 4 is 10.0 Å². The molecule has 114 valence electrons. The Kier molecular flexibility index (Phi) is 4.49. The van der Waals surface area contributed by atoms with Crippen LogP contribution >= 0.6 is 0 Å². The minimum Gasteiger partial charge on any atom is -0.339 e. The fourth-order valence-corrected chi connectivity index (χ4v) is 3.92. The molecule has 0 spiro atoms. The molecule has 21 heavy (non-hydrogen) atoms. The summed E-state index contributed by atoms with van der Waals surface area (Å²) >= 11 is 0. The molecule has 0 saturated heterocycles. The van der Waals surface area contributed by atoms with Crippen LogP contribution in [-0.2, 0) is 17.1 Å². The van der Waals surface area contributed by atoms with Gasteiger partial charge in [0.15, 0.2) is 5.03 Å². The second-order valence-corrected chi connectivity index (χ2v) is 7.44. The van der Waals surface area contributed by atoms with E-state index >= 15 is 0 Å². The molecule has 2 aromatic rings. The fraction of sp³-hybridized carbons (Fsp3) is 0.400. The highest BCUT2D eigenvalue weighted by Gasteiger charge is 2.32. The van der Waals surface area contributed by atoms with Gasteiger partial charge in [-0.1, -0.05) is 44.2 Å². The summed E-state index contributed by atoms with van der Waals surface area (Å²) < 4.78 is 28.5. The van der Waals surface area contributed by atoms with Crippen molar-refractivity contribution in [2.24, 2.45) is 13.0 Å². The third-order valence-corrected chi connectivity index (χ3v) is 5.21. The van der Waals surface area contributed by atoms with Gasteiger partial charge in [-0.2, -0.15) is 4.31 Å². The summed E-state index contributed by atoms with van der Waals surface area (Å²) in [6.07, 6.45) is 3.02. The lowest BCUT2D eigenvalue weighted by Gasteiger charge is -2.30. The number of imidazole rings is 1. The lowest BCUT2D eigenvalue weighted by atomic mass is 9.96. The summed E-state index contributed by atoms with van der Waals surface area (Å²) in [5, 5.41) is 0.0779. The summed E-state index contributed by atoms with van der Waals surface area (Å²) in [5.41, 5.74) is 0.981. The van der Waals surface area contributed by atoms with Crippen LogP contribution < -0.4 is 0 Å². The predicted octanol–water partition coefficient (Wildman–Crippen LogP) is 2.44. The van der Waals surface area contributed by atoms with E-state index in [0.29, 0.717) is 0 Å². The zero-order valence-corrected chi connectivity index (χ0v) is 13.6. The van der Waals surface area contributed by atoms with Crippen molar-refractivity contribution in [2.75, 3.05) is 7.05 Å². The quantitative estimate of drug-likeness (QED) is 0.852. The lowest BCUT2D eigenvalue weighted by Crippen LogP contribution is -2.34. The van der Waals surface area contributed by atoms with Gasteiger partial charge in [-0.15, -0.1) is 0 Å². The number of rotatable bonds is 5. The van der Waals surface area contributed by atoms with E-state index in [4.69, 9.17) is 0 Å². The first-order valence-electron chi connectivity index (χ1n) is 6.85. The molecule has 2 rings (SSSR count). The number of hydrogen-bond acceptors (Lipinski definition) is 3. The van der Waals surface area contributed by atoms with E-state index in [-0.39, 0.29) is 17.0 Å². The maximum atomic E-state index is 12.7. The van der Waals surface area contributed by atoms with Crippen LogP contribution in [0.2, 0.25) is 0 Å². The van der Waals surface area contributed by atoms with Gasteiger partial charge < -0.3 is 4.57 Å². The van der Waals surface area contributed by atoms with Crippen LogP contribution in [0.15, 0.2) is 47.9 Å². The Morgan fingerprint density at radius 2 is 1.81 bits per heavy atom. The minimum atomic E-state index is -3.61. The van der Waals surface area contributed by atoms with Crippen LogP contribution in [0.25, 0.3) is 0 Å². The van der Waals surface area contributed by atoms with Gasteiger partial charge in [-0.25, -0.2) is 13.4 Å². The van der Waals surface area contributed by atoms with Crippen molar-refractivity contribution in [3.05, 3.63) is 48.4 Å². The van der Waals surface area contributed by atoms with Crippen LogP contribution in [0.1, 0.15) is 25.5 Å². The van der Waals surface area contributed by atoms with Crippen molar-refractivity contribution in [1.29, 1.82) is 0 Å². The Morgan fingerprint density at radius 3 is 2.29 bits per heavy atom. The number of nitrogens with zero attached hydrogens (tertiary/aromatic N) is 3. The van der Waals surface area contributed by atoms with Gasteiger partial charge >= 0.3 is 0 Å². The molecule has 1 heterocycles. The summed E-state index contributed by atoms with van der Waals surface area (Å²) in [6.45, 7) is 4.03. The smallest absolute Gasteiger partial charge is 0.262 e. The van der Waals surface area contributed by atoms with Gasteiger partial charge in [0.2, 0.25) is 0 Å². The zero-order valence-electron chi connectivity index (χ0n) is 12.8. The first-order chi connectivity index (χ1) is 9.84. The highest BCUT2D eigenvalue weighted by molar-refractivity contribution is 7.89. The summed E-state index contributed by atoms with van der Waals surface area (Å²) in [6, 6.07) is 9.45. The molecule has 0 aliphatic heterocycles. The molecule has 1 aromatic carbocycles. The number of hydrogen-bond donors (Lipinski definition) is 0. The normalized spacial score (nSPS) is 13.8. The molecule has 0 amide bonds. The summed E-state index contributed by atoms with van der Waals surface area (Å²) in [5.74, 6) is 0.149. The SMILES string of the molecule is CC(C)C(c1ccccc1)N(C)S(=O)(=O)c1cn(C)cn1. The largest absolute Gasteiger partial charge is 0.339 e. The molecule has 0 radical (unpaired) electrons. The Bertz CT molecular complexity index is 693. The van der Waals surface area contributed by atoms with E-state index < -0.39 is 10.0 Å². The minimum absolute atomic E-state index is 0.0779. The van der Waals surface area contributed by atoms with Gasteiger partial charge in [-0.3, -0.25) is 0 Å². The molecule has 0 saturated carbocycles. The molecule has 0 aliphatic carbocycles. The summed E-state index contributed by atoms with van der Waals surface area (Å²) in [7, 11) is -0.243. The average Bonchev–Trinajstić information content (AvgIpc) is 2.87. The third-order valence-electron chi connectivity index (χ3n) is 3.49. The second kappa shape index (κ2) is 5.99. The molecule has 1 atom stereocenters. The second-order valence-electron chi connectivity index (χ2n) is 5.50. The monoisotopic (exact) mass is 307 g/mol. The molecular weight excluding hydrogens is 286 g/mol. The van der Waals surface area contributed by atoms with E-state index in [1.807, 2.05) is 44.2 Å². The first kappa shape index (κ1) is 15.7. The molecule has 1 unspecified atom stereocenters. The van der Waals surface area contributed by atoms with Crippen LogP contribution in [0.5, 0.6) is 0 Å². The van der Waals surface area contributed by atoms with E-state index in [0.717, 1.165) is 5.56 Å². The molecule has 1 aromatic heterocycles.